The lowest BCUT2D eigenvalue weighted by Gasteiger charge is -2.19. The van der Waals surface area contributed by atoms with E-state index in [-0.39, 0.29) is 0 Å². The van der Waals surface area contributed by atoms with Gasteiger partial charge in [0.2, 0.25) is 0 Å². The molecule has 0 amide bonds. The first-order valence-corrected chi connectivity index (χ1v) is 2.43. The normalized spacial score (nSPS) is 32.4. The van der Waals surface area contributed by atoms with Gasteiger partial charge in [0.15, 0.2) is 0 Å². The highest BCUT2D eigenvalue weighted by atomic mass is 16.8. The zero-order valence-corrected chi connectivity index (χ0v) is 4.38. The van der Waals surface area contributed by atoms with Crippen LogP contribution in [0.15, 0.2) is 0 Å². The van der Waals surface area contributed by atoms with Crippen LogP contribution in [0.1, 0.15) is 0 Å². The van der Waals surface area contributed by atoms with E-state index in [1.807, 2.05) is 0 Å². The molecule has 0 aromatic heterocycles. The van der Waals surface area contributed by atoms with Crippen molar-refractivity contribution in [3.63, 3.8) is 0 Å². The summed E-state index contributed by atoms with van der Waals surface area (Å²) in [6, 6.07) is 0. The minimum Gasteiger partial charge on any atom is -0.402 e. The molecule has 0 aromatic rings. The lowest BCUT2D eigenvalue weighted by molar-refractivity contribution is -0.173. The molecular formula is C6H2O3. The van der Waals surface area contributed by atoms with Gasteiger partial charge in [0.05, 0.1) is 0 Å². The Bertz CT molecular complexity index is 210. The van der Waals surface area contributed by atoms with E-state index in [1.165, 1.54) is 0 Å². The quantitative estimate of drug-likeness (QED) is 0.468. The number of ether oxygens (including phenoxy) is 3. The summed E-state index contributed by atoms with van der Waals surface area (Å²) in [6.45, 7) is 0. The molecule has 44 valence electrons. The van der Waals surface area contributed by atoms with E-state index < -0.39 is 12.6 Å². The van der Waals surface area contributed by atoms with Crippen molar-refractivity contribution >= 4 is 0 Å². The Hall–Kier alpha value is -1.32. The van der Waals surface area contributed by atoms with Crippen LogP contribution in [0.4, 0.5) is 0 Å². The highest BCUT2D eigenvalue weighted by molar-refractivity contribution is 5.10. The minimum absolute atomic E-state index is 0.426. The van der Waals surface area contributed by atoms with Crippen molar-refractivity contribution < 1.29 is 14.2 Å². The molecule has 3 nitrogen and oxygen atoms in total. The largest absolute Gasteiger partial charge is 0.402 e. The van der Waals surface area contributed by atoms with Crippen molar-refractivity contribution in [3.05, 3.63) is 0 Å². The Morgan fingerprint density at radius 2 is 1.44 bits per heavy atom. The van der Waals surface area contributed by atoms with Crippen molar-refractivity contribution in [2.24, 2.45) is 0 Å². The standard InChI is InChI=1S/C6H2O3/c1-3-7-5(1)9-6-2-4-8-6/h5-6H. The van der Waals surface area contributed by atoms with E-state index in [4.69, 9.17) is 4.74 Å². The molecule has 0 fully saturated rings. The Kier molecular flexibility index (Phi) is 0.798. The first kappa shape index (κ1) is 4.55. The molecule has 2 unspecified atom stereocenters. The van der Waals surface area contributed by atoms with Gasteiger partial charge in [-0.1, -0.05) is 0 Å². The van der Waals surface area contributed by atoms with Crippen LogP contribution in [0.3, 0.4) is 0 Å². The molecule has 0 saturated heterocycles. The van der Waals surface area contributed by atoms with E-state index in [2.05, 4.69) is 33.5 Å². The summed E-state index contributed by atoms with van der Waals surface area (Å²) in [4.78, 5) is 0. The average Bonchev–Trinajstić information content (AvgIpc) is 1.57. The molecule has 0 spiro atoms. The van der Waals surface area contributed by atoms with Gasteiger partial charge in [-0.3, -0.25) is 4.74 Å². The van der Waals surface area contributed by atoms with Crippen LogP contribution in [0.5, 0.6) is 0 Å². The second-order valence-electron chi connectivity index (χ2n) is 1.53. The van der Waals surface area contributed by atoms with Gasteiger partial charge in [0.25, 0.3) is 12.6 Å². The third-order valence-corrected chi connectivity index (χ3v) is 0.933. The molecule has 3 heteroatoms. The molecule has 0 bridgehead atoms. The van der Waals surface area contributed by atoms with Crippen LogP contribution in [-0.2, 0) is 14.2 Å². The van der Waals surface area contributed by atoms with E-state index in [9.17, 15) is 0 Å². The Morgan fingerprint density at radius 1 is 1.00 bits per heavy atom. The van der Waals surface area contributed by atoms with Crippen LogP contribution >= 0.6 is 0 Å². The van der Waals surface area contributed by atoms with Crippen molar-refractivity contribution in [2.45, 2.75) is 12.6 Å². The summed E-state index contributed by atoms with van der Waals surface area (Å²) in [5, 5.41) is 0. The minimum atomic E-state index is -0.426. The maximum Gasteiger partial charge on any atom is 0.282 e. The molecule has 0 saturated carbocycles. The van der Waals surface area contributed by atoms with E-state index in [0.717, 1.165) is 0 Å². The van der Waals surface area contributed by atoms with Gasteiger partial charge in [-0.15, -0.1) is 0 Å². The van der Waals surface area contributed by atoms with Crippen LogP contribution in [0.2, 0.25) is 0 Å². The molecule has 0 radical (unpaired) electrons. The van der Waals surface area contributed by atoms with Crippen LogP contribution < -0.4 is 0 Å². The van der Waals surface area contributed by atoms with Crippen molar-refractivity contribution in [3.8, 4) is 24.1 Å². The molecule has 2 aliphatic heterocycles. The molecule has 2 atom stereocenters. The zero-order chi connectivity index (χ0) is 6.10. The summed E-state index contributed by atoms with van der Waals surface area (Å²) < 4.78 is 14.1. The Balaban J connectivity index is 1.82. The fraction of sp³-hybridized carbons (Fsp3) is 0.333. The molecule has 0 N–H and O–H groups in total. The maximum absolute atomic E-state index is 4.93. The van der Waals surface area contributed by atoms with Crippen LogP contribution in [-0.4, -0.2) is 12.6 Å². The van der Waals surface area contributed by atoms with Crippen molar-refractivity contribution in [1.29, 1.82) is 0 Å². The highest BCUT2D eigenvalue weighted by Gasteiger charge is 2.21. The maximum atomic E-state index is 4.93. The number of rotatable bonds is 2. The van der Waals surface area contributed by atoms with Crippen molar-refractivity contribution in [1.82, 2.24) is 0 Å². The van der Waals surface area contributed by atoms with Crippen molar-refractivity contribution in [2.75, 3.05) is 0 Å². The average molecular weight is 122 g/mol. The predicted molar refractivity (Wildman–Crippen MR) is 26.4 cm³/mol. The fourth-order valence-corrected chi connectivity index (χ4v) is 0.450. The smallest absolute Gasteiger partial charge is 0.282 e. The summed E-state index contributed by atoms with van der Waals surface area (Å²) in [5.74, 6) is 5.20. The summed E-state index contributed by atoms with van der Waals surface area (Å²) in [5.41, 5.74) is 0. The lowest BCUT2D eigenvalue weighted by Crippen LogP contribution is -2.29. The molecule has 0 aromatic carbocycles. The second-order valence-corrected chi connectivity index (χ2v) is 1.53. The van der Waals surface area contributed by atoms with E-state index in [1.54, 1.807) is 0 Å². The topological polar surface area (TPSA) is 27.7 Å². The SMILES string of the molecule is C1#CC(OC2C#CO2)O1. The van der Waals surface area contributed by atoms with Gasteiger partial charge >= 0.3 is 0 Å². The van der Waals surface area contributed by atoms with Crippen LogP contribution in [0.25, 0.3) is 0 Å². The molecule has 2 heterocycles. The highest BCUT2D eigenvalue weighted by Crippen LogP contribution is 2.07. The number of hydrogen-bond donors (Lipinski definition) is 0. The van der Waals surface area contributed by atoms with E-state index >= 15 is 0 Å². The van der Waals surface area contributed by atoms with E-state index in [0.29, 0.717) is 0 Å². The van der Waals surface area contributed by atoms with Gasteiger partial charge in [0.1, 0.15) is 12.2 Å². The Labute approximate surface area is 51.9 Å². The second kappa shape index (κ2) is 1.58. The first-order chi connectivity index (χ1) is 4.45. The van der Waals surface area contributed by atoms with Gasteiger partial charge in [-0.05, 0) is 0 Å². The van der Waals surface area contributed by atoms with Gasteiger partial charge in [0, 0.05) is 11.8 Å². The van der Waals surface area contributed by atoms with Crippen LogP contribution in [0, 0.1) is 24.1 Å². The molecule has 2 rings (SSSR count). The Morgan fingerprint density at radius 3 is 1.67 bits per heavy atom. The molecule has 9 heavy (non-hydrogen) atoms. The van der Waals surface area contributed by atoms with Gasteiger partial charge in [-0.25, -0.2) is 0 Å². The van der Waals surface area contributed by atoms with Gasteiger partial charge in [-0.2, -0.15) is 0 Å². The lowest BCUT2D eigenvalue weighted by atomic mass is 10.5. The fourth-order valence-electron chi connectivity index (χ4n) is 0.450. The first-order valence-electron chi connectivity index (χ1n) is 2.43. The third kappa shape index (κ3) is 0.679. The summed E-state index contributed by atoms with van der Waals surface area (Å²) in [7, 11) is 0. The predicted octanol–water partition coefficient (Wildman–Crippen LogP) is -0.363. The molecular weight excluding hydrogens is 120 g/mol. The molecule has 0 aliphatic carbocycles. The van der Waals surface area contributed by atoms with Gasteiger partial charge < -0.3 is 9.47 Å². The zero-order valence-electron chi connectivity index (χ0n) is 4.38. The summed E-state index contributed by atoms with van der Waals surface area (Å²) in [6.07, 6.45) is 3.82. The monoisotopic (exact) mass is 122 g/mol. The summed E-state index contributed by atoms with van der Waals surface area (Å²) >= 11 is 0. The molecule has 2 aliphatic rings. The number of hydrogen-bond acceptors (Lipinski definition) is 3. The third-order valence-electron chi connectivity index (χ3n) is 0.933.